The van der Waals surface area contributed by atoms with Gasteiger partial charge in [-0.15, -0.1) is 11.3 Å². The van der Waals surface area contributed by atoms with E-state index in [0.29, 0.717) is 16.6 Å². The summed E-state index contributed by atoms with van der Waals surface area (Å²) in [6, 6.07) is 6.39. The van der Waals surface area contributed by atoms with Gasteiger partial charge in [-0.2, -0.15) is 5.26 Å². The topological polar surface area (TPSA) is 114 Å². The maximum Gasteiger partial charge on any atom is 0.308 e. The van der Waals surface area contributed by atoms with Crippen molar-refractivity contribution in [1.29, 1.82) is 5.26 Å². The number of hydrogen-bond acceptors (Lipinski definition) is 7. The second kappa shape index (κ2) is 9.51. The maximum atomic E-state index is 12.9. The number of rotatable bonds is 6. The van der Waals surface area contributed by atoms with Crippen LogP contribution in [0.2, 0.25) is 5.02 Å². The molecule has 2 heterocycles. The summed E-state index contributed by atoms with van der Waals surface area (Å²) in [5.41, 5.74) is 1.64. The summed E-state index contributed by atoms with van der Waals surface area (Å²) in [5.74, 6) is -1.14. The highest BCUT2D eigenvalue weighted by Gasteiger charge is 2.20. The van der Waals surface area contributed by atoms with Crippen molar-refractivity contribution in [3.05, 3.63) is 55.9 Å². The van der Waals surface area contributed by atoms with Crippen LogP contribution in [0.1, 0.15) is 35.3 Å². The molecule has 0 spiro atoms. The third kappa shape index (κ3) is 4.66. The van der Waals surface area contributed by atoms with Crippen LogP contribution in [0.25, 0.3) is 10.2 Å². The number of fused-ring (bicyclic) bond motifs is 3. The molecule has 1 aliphatic carbocycles. The van der Waals surface area contributed by atoms with Gasteiger partial charge >= 0.3 is 5.97 Å². The molecule has 1 amide bonds. The van der Waals surface area contributed by atoms with Crippen LogP contribution in [0.15, 0.2) is 29.3 Å². The van der Waals surface area contributed by atoms with E-state index in [2.05, 4.69) is 10.3 Å². The average Bonchev–Trinajstić information content (AvgIpc) is 3.17. The van der Waals surface area contributed by atoms with Crippen LogP contribution in [0.4, 0.5) is 5.69 Å². The third-order valence-corrected chi connectivity index (χ3v) is 6.75. The Morgan fingerprint density at radius 3 is 2.91 bits per heavy atom. The smallest absolute Gasteiger partial charge is 0.308 e. The number of aromatic nitrogens is 2. The number of nitriles is 1. The van der Waals surface area contributed by atoms with E-state index in [0.717, 1.165) is 36.1 Å². The van der Waals surface area contributed by atoms with Gasteiger partial charge in [-0.1, -0.05) is 11.6 Å². The first-order valence-corrected chi connectivity index (χ1v) is 11.3. The standard InChI is InChI=1S/C22H19ClN4O4S/c23-16-9-14(6-5-13(16)10-24)26-18(28)11-31-19(29)7-8-27-12-25-21-20(22(27)30)15-3-1-2-4-17(15)32-21/h5-6,9,12H,1-4,7-8,11H2,(H,26,28). The second-order valence-electron chi connectivity index (χ2n) is 7.40. The van der Waals surface area contributed by atoms with Crippen LogP contribution in [0.5, 0.6) is 0 Å². The molecule has 164 valence electrons. The van der Waals surface area contributed by atoms with Crippen molar-refractivity contribution in [2.45, 2.75) is 38.6 Å². The summed E-state index contributed by atoms with van der Waals surface area (Å²) in [6.45, 7) is -0.348. The number of carbonyl (C=O) groups excluding carboxylic acids is 2. The molecular formula is C22H19ClN4O4S. The lowest BCUT2D eigenvalue weighted by molar-refractivity contribution is -0.147. The molecule has 0 fully saturated rings. The van der Waals surface area contributed by atoms with Crippen molar-refractivity contribution in [2.24, 2.45) is 0 Å². The zero-order chi connectivity index (χ0) is 22.7. The van der Waals surface area contributed by atoms with Gasteiger partial charge in [0.2, 0.25) is 0 Å². The fourth-order valence-electron chi connectivity index (χ4n) is 3.65. The van der Waals surface area contributed by atoms with E-state index >= 15 is 0 Å². The summed E-state index contributed by atoms with van der Waals surface area (Å²) in [6.07, 6.45) is 5.47. The summed E-state index contributed by atoms with van der Waals surface area (Å²) in [5, 5.41) is 12.3. The molecule has 4 rings (SSSR count). The first-order chi connectivity index (χ1) is 15.5. The van der Waals surface area contributed by atoms with Gasteiger partial charge in [0.15, 0.2) is 6.61 Å². The number of aryl methyl sites for hydroxylation is 3. The van der Waals surface area contributed by atoms with E-state index in [4.69, 9.17) is 21.6 Å². The van der Waals surface area contributed by atoms with Crippen molar-refractivity contribution in [1.82, 2.24) is 9.55 Å². The first kappa shape index (κ1) is 22.0. The summed E-state index contributed by atoms with van der Waals surface area (Å²) in [7, 11) is 0. The van der Waals surface area contributed by atoms with E-state index < -0.39 is 18.5 Å². The molecule has 0 bridgehead atoms. The van der Waals surface area contributed by atoms with Crippen molar-refractivity contribution < 1.29 is 14.3 Å². The van der Waals surface area contributed by atoms with Gasteiger partial charge in [0.1, 0.15) is 10.9 Å². The van der Waals surface area contributed by atoms with Crippen LogP contribution < -0.4 is 10.9 Å². The Balaban J connectivity index is 1.32. The Labute approximate surface area is 192 Å². The third-order valence-electron chi connectivity index (χ3n) is 5.24. The van der Waals surface area contributed by atoms with Crippen molar-refractivity contribution in [3.63, 3.8) is 0 Å². The monoisotopic (exact) mass is 470 g/mol. The number of hydrogen-bond donors (Lipinski definition) is 1. The molecule has 0 radical (unpaired) electrons. The van der Waals surface area contributed by atoms with E-state index in [1.807, 2.05) is 6.07 Å². The minimum atomic E-state index is -0.600. The summed E-state index contributed by atoms with van der Waals surface area (Å²) in [4.78, 5) is 43.4. The Hall–Kier alpha value is -3.22. The zero-order valence-corrected chi connectivity index (χ0v) is 18.6. The second-order valence-corrected chi connectivity index (χ2v) is 8.89. The number of carbonyl (C=O) groups is 2. The number of benzene rings is 1. The molecule has 1 aromatic carbocycles. The van der Waals surface area contributed by atoms with Gasteiger partial charge in [0.05, 0.1) is 28.7 Å². The SMILES string of the molecule is N#Cc1ccc(NC(=O)COC(=O)CCn2cnc3sc4c(c3c2=O)CCCC4)cc1Cl. The molecular weight excluding hydrogens is 452 g/mol. The van der Waals surface area contributed by atoms with Gasteiger partial charge in [-0.25, -0.2) is 4.98 Å². The maximum absolute atomic E-state index is 12.9. The number of nitrogens with zero attached hydrogens (tertiary/aromatic N) is 3. The van der Waals surface area contributed by atoms with E-state index in [9.17, 15) is 14.4 Å². The van der Waals surface area contributed by atoms with Gasteiger partial charge in [-0.3, -0.25) is 19.0 Å². The molecule has 0 aliphatic heterocycles. The molecule has 0 saturated carbocycles. The Morgan fingerprint density at radius 1 is 1.31 bits per heavy atom. The number of thiophene rings is 1. The first-order valence-electron chi connectivity index (χ1n) is 10.1. The molecule has 1 aliphatic rings. The van der Waals surface area contributed by atoms with Gasteiger partial charge in [0.25, 0.3) is 11.5 Å². The highest BCUT2D eigenvalue weighted by Crippen LogP contribution is 2.33. The molecule has 0 saturated heterocycles. The van der Waals surface area contributed by atoms with Crippen LogP contribution in [-0.4, -0.2) is 28.0 Å². The predicted molar refractivity (Wildman–Crippen MR) is 121 cm³/mol. The quantitative estimate of drug-likeness (QED) is 0.552. The Bertz CT molecular complexity index is 1310. The van der Waals surface area contributed by atoms with E-state index in [-0.39, 0.29) is 23.5 Å². The van der Waals surface area contributed by atoms with E-state index in [1.165, 1.54) is 34.0 Å². The van der Waals surface area contributed by atoms with Gasteiger partial charge < -0.3 is 10.1 Å². The number of ether oxygens (including phenoxy) is 1. The van der Waals surface area contributed by atoms with E-state index in [1.54, 1.807) is 11.3 Å². The lowest BCUT2D eigenvalue weighted by Crippen LogP contribution is -2.24. The van der Waals surface area contributed by atoms with Crippen LogP contribution in [0.3, 0.4) is 0 Å². The molecule has 32 heavy (non-hydrogen) atoms. The van der Waals surface area contributed by atoms with Crippen molar-refractivity contribution in [2.75, 3.05) is 11.9 Å². The lowest BCUT2D eigenvalue weighted by atomic mass is 9.97. The molecule has 8 nitrogen and oxygen atoms in total. The minimum absolute atomic E-state index is 0.0601. The molecule has 0 atom stereocenters. The number of amides is 1. The average molecular weight is 471 g/mol. The lowest BCUT2D eigenvalue weighted by Gasteiger charge is -2.10. The van der Waals surface area contributed by atoms with Crippen LogP contribution >= 0.6 is 22.9 Å². The van der Waals surface area contributed by atoms with Gasteiger partial charge in [-0.05, 0) is 49.4 Å². The minimum Gasteiger partial charge on any atom is -0.456 e. The largest absolute Gasteiger partial charge is 0.456 e. The fraction of sp³-hybridized carbons (Fsp3) is 0.318. The molecule has 10 heteroatoms. The number of nitrogens with one attached hydrogen (secondary N) is 1. The Kier molecular flexibility index (Phi) is 6.53. The van der Waals surface area contributed by atoms with Gasteiger partial charge in [0, 0.05) is 17.1 Å². The highest BCUT2D eigenvalue weighted by atomic mass is 35.5. The number of esters is 1. The molecule has 1 N–H and O–H groups in total. The highest BCUT2D eigenvalue weighted by molar-refractivity contribution is 7.18. The number of halogens is 1. The number of anilines is 1. The molecule has 3 aromatic rings. The fourth-order valence-corrected chi connectivity index (χ4v) is 5.09. The zero-order valence-electron chi connectivity index (χ0n) is 17.0. The molecule has 0 unspecified atom stereocenters. The summed E-state index contributed by atoms with van der Waals surface area (Å²) >= 11 is 7.51. The normalized spacial score (nSPS) is 12.8. The Morgan fingerprint density at radius 2 is 2.12 bits per heavy atom. The van der Waals surface area contributed by atoms with Crippen molar-refractivity contribution in [3.8, 4) is 6.07 Å². The van der Waals surface area contributed by atoms with Crippen molar-refractivity contribution >= 4 is 50.7 Å². The predicted octanol–water partition coefficient (Wildman–Crippen LogP) is 3.43. The van der Waals surface area contributed by atoms with Crippen LogP contribution in [0, 0.1) is 11.3 Å². The molecule has 2 aromatic heterocycles. The summed E-state index contributed by atoms with van der Waals surface area (Å²) < 4.78 is 6.43. The van der Waals surface area contributed by atoms with Crippen LogP contribution in [-0.2, 0) is 33.7 Å².